The van der Waals surface area contributed by atoms with Gasteiger partial charge in [0, 0.05) is 12.8 Å². The molecule has 0 aromatic rings. The molecule has 0 saturated carbocycles. The Labute approximate surface area is 69.5 Å². The minimum absolute atomic E-state index is 0.0614. The summed E-state index contributed by atoms with van der Waals surface area (Å²) in [5, 5.41) is 8.74. The molecular weight excluding hydrogens is 160 g/mol. The Bertz CT molecular complexity index is 263. The van der Waals surface area contributed by atoms with E-state index in [-0.39, 0.29) is 19.3 Å². The van der Waals surface area contributed by atoms with Crippen LogP contribution in [0.1, 0.15) is 19.3 Å². The van der Waals surface area contributed by atoms with E-state index < -0.39 is 17.5 Å². The van der Waals surface area contributed by atoms with E-state index in [4.69, 9.17) is 11.5 Å². The Hall–Kier alpha value is -1.50. The van der Waals surface area contributed by atoms with Gasteiger partial charge in [-0.1, -0.05) is 0 Å². The van der Waals surface area contributed by atoms with E-state index in [0.29, 0.717) is 0 Å². The highest BCUT2D eigenvalue weighted by molar-refractivity contribution is 5.85. The van der Waals surface area contributed by atoms with Crippen molar-refractivity contribution in [1.29, 1.82) is 0 Å². The van der Waals surface area contributed by atoms with Crippen LogP contribution < -0.4 is 0 Å². The third kappa shape index (κ3) is 1.26. The summed E-state index contributed by atoms with van der Waals surface area (Å²) in [4.78, 5) is 21.4. The maximum Gasteiger partial charge on any atom is 0.349 e. The van der Waals surface area contributed by atoms with Crippen LogP contribution in [0.2, 0.25) is 0 Å². The minimum atomic E-state index is -1.45. The molecule has 0 bridgehead atoms. The van der Waals surface area contributed by atoms with Crippen molar-refractivity contribution in [1.82, 2.24) is 0 Å². The molecule has 12 heavy (non-hydrogen) atoms. The van der Waals surface area contributed by atoms with Gasteiger partial charge in [-0.25, -0.2) is 4.79 Å². The molecule has 1 unspecified atom stereocenters. The lowest BCUT2D eigenvalue weighted by Gasteiger charge is -2.19. The lowest BCUT2D eigenvalue weighted by atomic mass is 9.97. The zero-order chi connectivity index (χ0) is 9.19. The SMILES string of the molecule is C#CCC1(C(=O)O)CCC(=O)O1. The predicted molar refractivity (Wildman–Crippen MR) is 39.1 cm³/mol. The average Bonchev–Trinajstić information content (AvgIpc) is 2.34. The first kappa shape index (κ1) is 8.60. The molecule has 0 radical (unpaired) electrons. The third-order valence-corrected chi connectivity index (χ3v) is 1.82. The molecule has 4 heteroatoms. The van der Waals surface area contributed by atoms with Crippen molar-refractivity contribution in [2.75, 3.05) is 0 Å². The van der Waals surface area contributed by atoms with Crippen LogP contribution in [0, 0.1) is 12.3 Å². The van der Waals surface area contributed by atoms with Crippen LogP contribution in [0.3, 0.4) is 0 Å². The number of hydrogen-bond acceptors (Lipinski definition) is 3. The minimum Gasteiger partial charge on any atom is -0.478 e. The summed E-state index contributed by atoms with van der Waals surface area (Å²) in [6, 6.07) is 0. The van der Waals surface area contributed by atoms with E-state index in [9.17, 15) is 9.59 Å². The molecule has 1 aliphatic heterocycles. The van der Waals surface area contributed by atoms with E-state index in [1.54, 1.807) is 0 Å². The highest BCUT2D eigenvalue weighted by Crippen LogP contribution is 2.29. The van der Waals surface area contributed by atoms with Gasteiger partial charge in [0.1, 0.15) is 0 Å². The van der Waals surface area contributed by atoms with Crippen LogP contribution in [-0.2, 0) is 14.3 Å². The number of hydrogen-bond donors (Lipinski definition) is 1. The number of aliphatic carboxylic acids is 1. The van der Waals surface area contributed by atoms with E-state index in [1.165, 1.54) is 0 Å². The van der Waals surface area contributed by atoms with Gasteiger partial charge in [-0.3, -0.25) is 4.79 Å². The van der Waals surface area contributed by atoms with Gasteiger partial charge in [-0.2, -0.15) is 0 Å². The largest absolute Gasteiger partial charge is 0.478 e. The Morgan fingerprint density at radius 2 is 2.50 bits per heavy atom. The molecule has 1 rings (SSSR count). The van der Waals surface area contributed by atoms with Crippen LogP contribution in [0.25, 0.3) is 0 Å². The summed E-state index contributed by atoms with van der Waals surface area (Å²) >= 11 is 0. The van der Waals surface area contributed by atoms with Crippen molar-refractivity contribution in [3.63, 3.8) is 0 Å². The number of carboxylic acids is 1. The zero-order valence-corrected chi connectivity index (χ0v) is 6.37. The Morgan fingerprint density at radius 3 is 2.83 bits per heavy atom. The first-order valence-corrected chi connectivity index (χ1v) is 3.49. The van der Waals surface area contributed by atoms with Gasteiger partial charge in [-0.05, 0) is 0 Å². The maximum absolute atomic E-state index is 10.7. The lowest BCUT2D eigenvalue weighted by molar-refractivity contribution is -0.168. The van der Waals surface area contributed by atoms with Gasteiger partial charge < -0.3 is 9.84 Å². The number of ether oxygens (including phenoxy) is 1. The number of rotatable bonds is 2. The van der Waals surface area contributed by atoms with E-state index in [1.807, 2.05) is 0 Å². The van der Waals surface area contributed by atoms with Crippen LogP contribution in [0.15, 0.2) is 0 Å². The van der Waals surface area contributed by atoms with E-state index in [2.05, 4.69) is 10.7 Å². The van der Waals surface area contributed by atoms with Crippen molar-refractivity contribution in [2.24, 2.45) is 0 Å². The molecule has 0 amide bonds. The van der Waals surface area contributed by atoms with Crippen LogP contribution in [0.4, 0.5) is 0 Å². The standard InChI is InChI=1S/C8H8O4/c1-2-4-8(7(10)11)5-3-6(9)12-8/h1H,3-5H2,(H,10,11). The van der Waals surface area contributed by atoms with Gasteiger partial charge >= 0.3 is 11.9 Å². The van der Waals surface area contributed by atoms with Crippen molar-refractivity contribution in [3.8, 4) is 12.3 Å². The molecule has 0 spiro atoms. The summed E-state index contributed by atoms with van der Waals surface area (Å²) in [5.74, 6) is 0.541. The van der Waals surface area contributed by atoms with Gasteiger partial charge in [0.15, 0.2) is 0 Å². The topological polar surface area (TPSA) is 63.6 Å². The summed E-state index contributed by atoms with van der Waals surface area (Å²) < 4.78 is 4.67. The fourth-order valence-electron chi connectivity index (χ4n) is 1.14. The second-order valence-corrected chi connectivity index (χ2v) is 2.65. The molecule has 64 valence electrons. The maximum atomic E-state index is 10.7. The zero-order valence-electron chi connectivity index (χ0n) is 6.37. The fourth-order valence-corrected chi connectivity index (χ4v) is 1.14. The number of cyclic esters (lactones) is 1. The van der Waals surface area contributed by atoms with Crippen LogP contribution in [-0.4, -0.2) is 22.6 Å². The molecule has 1 saturated heterocycles. The lowest BCUT2D eigenvalue weighted by Crippen LogP contribution is -2.37. The quantitative estimate of drug-likeness (QED) is 0.471. The predicted octanol–water partition coefficient (Wildman–Crippen LogP) is 0.170. The van der Waals surface area contributed by atoms with E-state index >= 15 is 0 Å². The Kier molecular flexibility index (Phi) is 2.05. The van der Waals surface area contributed by atoms with Crippen molar-refractivity contribution in [2.45, 2.75) is 24.9 Å². The molecule has 1 N–H and O–H groups in total. The number of carbonyl (C=O) groups excluding carboxylic acids is 1. The van der Waals surface area contributed by atoms with E-state index in [0.717, 1.165) is 0 Å². The summed E-state index contributed by atoms with van der Waals surface area (Å²) in [6.07, 6.45) is 5.22. The fraction of sp³-hybridized carbons (Fsp3) is 0.500. The normalized spacial score (nSPS) is 27.8. The summed E-state index contributed by atoms with van der Waals surface area (Å²) in [7, 11) is 0. The Morgan fingerprint density at radius 1 is 1.83 bits per heavy atom. The molecule has 4 nitrogen and oxygen atoms in total. The van der Waals surface area contributed by atoms with Gasteiger partial charge in [0.2, 0.25) is 5.60 Å². The first-order chi connectivity index (χ1) is 5.60. The summed E-state index contributed by atoms with van der Waals surface area (Å²) in [5.41, 5.74) is -1.45. The molecule has 1 atom stereocenters. The number of carboxylic acid groups (broad SMARTS) is 1. The third-order valence-electron chi connectivity index (χ3n) is 1.82. The van der Waals surface area contributed by atoms with Crippen molar-refractivity contribution >= 4 is 11.9 Å². The molecule has 1 aliphatic rings. The number of terminal acetylenes is 1. The van der Waals surface area contributed by atoms with Crippen LogP contribution in [0.5, 0.6) is 0 Å². The molecular formula is C8H8O4. The Balaban J connectivity index is 2.83. The number of carbonyl (C=O) groups is 2. The smallest absolute Gasteiger partial charge is 0.349 e. The highest BCUT2D eigenvalue weighted by Gasteiger charge is 2.46. The van der Waals surface area contributed by atoms with Crippen molar-refractivity contribution < 1.29 is 19.4 Å². The first-order valence-electron chi connectivity index (χ1n) is 3.49. The summed E-state index contributed by atoms with van der Waals surface area (Å²) in [6.45, 7) is 0. The monoisotopic (exact) mass is 168 g/mol. The second-order valence-electron chi connectivity index (χ2n) is 2.65. The molecule has 1 heterocycles. The van der Waals surface area contributed by atoms with Crippen molar-refractivity contribution in [3.05, 3.63) is 0 Å². The molecule has 1 fully saturated rings. The number of esters is 1. The molecule has 0 aromatic carbocycles. The molecule has 0 aromatic heterocycles. The van der Waals surface area contributed by atoms with Gasteiger partial charge in [0.25, 0.3) is 0 Å². The van der Waals surface area contributed by atoms with Crippen LogP contribution >= 0.6 is 0 Å². The van der Waals surface area contributed by atoms with Gasteiger partial charge in [-0.15, -0.1) is 12.3 Å². The van der Waals surface area contributed by atoms with Gasteiger partial charge in [0.05, 0.1) is 6.42 Å². The highest BCUT2D eigenvalue weighted by atomic mass is 16.6. The average molecular weight is 168 g/mol. The second kappa shape index (κ2) is 2.86. The molecule has 0 aliphatic carbocycles.